The lowest BCUT2D eigenvalue weighted by atomic mass is 10.0. The minimum Gasteiger partial charge on any atom is -0.399 e. The minimum absolute atomic E-state index is 0.110. The number of aromatic nitrogens is 2. The Morgan fingerprint density at radius 1 is 1.23 bits per heavy atom. The Morgan fingerprint density at radius 2 is 2.12 bits per heavy atom. The molecule has 6 heteroatoms. The fourth-order valence-electron chi connectivity index (χ4n) is 3.34. The number of nitrogens with two attached hydrogens (primary N) is 1. The summed E-state index contributed by atoms with van der Waals surface area (Å²) in [5.74, 6) is 0.883. The molecule has 0 aliphatic carbocycles. The van der Waals surface area contributed by atoms with Crippen molar-refractivity contribution in [2.75, 3.05) is 24.1 Å². The number of nitrogens with zero attached hydrogens (tertiary/aromatic N) is 2. The molecule has 3 aromatic rings. The summed E-state index contributed by atoms with van der Waals surface area (Å²) < 4.78 is 1.11. The van der Waals surface area contributed by atoms with Gasteiger partial charge in [0.05, 0.1) is 16.3 Å². The summed E-state index contributed by atoms with van der Waals surface area (Å²) >= 11 is 1.77. The lowest BCUT2D eigenvalue weighted by Crippen LogP contribution is -2.19. The molecule has 2 aromatic heterocycles. The van der Waals surface area contributed by atoms with Gasteiger partial charge in [-0.2, -0.15) is 0 Å². The van der Waals surface area contributed by atoms with Gasteiger partial charge in [-0.1, -0.05) is 12.1 Å². The molecular formula is C20H23N5S. The van der Waals surface area contributed by atoms with Crippen LogP contribution in [0.4, 0.5) is 11.5 Å². The van der Waals surface area contributed by atoms with E-state index in [1.165, 1.54) is 10.5 Å². The summed E-state index contributed by atoms with van der Waals surface area (Å²) in [4.78, 5) is 10.3. The molecule has 26 heavy (non-hydrogen) atoms. The lowest BCUT2D eigenvalue weighted by Gasteiger charge is -2.16. The molecule has 134 valence electrons. The number of thiophene rings is 1. The standard InChI is InChI=1S/C20H23N5S/c1-12-7-15(9-16(21)8-12)13(2)25-20-19-17(23-11-24-20)10-18(26-19)14-3-5-22-6-4-14/h3,7-11,13,22H,4-6,21H2,1-2H3,(H,23,24,25)/t13-/m1/s1. The van der Waals surface area contributed by atoms with Gasteiger partial charge in [-0.3, -0.25) is 0 Å². The SMILES string of the molecule is Cc1cc(N)cc([C@@H](C)Nc2ncnc3cc(C4=CCNCC4)sc23)c1. The fourth-order valence-corrected chi connectivity index (χ4v) is 4.47. The Bertz CT molecular complexity index is 955. The van der Waals surface area contributed by atoms with E-state index in [9.17, 15) is 0 Å². The first-order valence-electron chi connectivity index (χ1n) is 8.88. The zero-order chi connectivity index (χ0) is 18.1. The average Bonchev–Trinajstić information content (AvgIpc) is 3.07. The maximum Gasteiger partial charge on any atom is 0.147 e. The Balaban J connectivity index is 1.65. The summed E-state index contributed by atoms with van der Waals surface area (Å²) in [5.41, 5.74) is 11.5. The van der Waals surface area contributed by atoms with Crippen molar-refractivity contribution in [2.45, 2.75) is 26.3 Å². The highest BCUT2D eigenvalue weighted by atomic mass is 32.1. The molecule has 4 rings (SSSR count). The molecule has 0 saturated heterocycles. The van der Waals surface area contributed by atoms with Crippen molar-refractivity contribution < 1.29 is 0 Å². The molecule has 1 aliphatic heterocycles. The van der Waals surface area contributed by atoms with E-state index in [1.807, 2.05) is 12.1 Å². The number of fused-ring (bicyclic) bond motifs is 1. The number of benzene rings is 1. The molecule has 1 atom stereocenters. The van der Waals surface area contributed by atoms with Crippen LogP contribution in [0.2, 0.25) is 0 Å². The summed E-state index contributed by atoms with van der Waals surface area (Å²) in [7, 11) is 0. The Labute approximate surface area is 157 Å². The topological polar surface area (TPSA) is 75.9 Å². The molecule has 1 aromatic carbocycles. The third kappa shape index (κ3) is 3.43. The zero-order valence-electron chi connectivity index (χ0n) is 15.0. The number of hydrogen-bond acceptors (Lipinski definition) is 6. The van der Waals surface area contributed by atoms with Crippen molar-refractivity contribution in [1.29, 1.82) is 0 Å². The summed E-state index contributed by atoms with van der Waals surface area (Å²) in [5, 5.41) is 6.90. The lowest BCUT2D eigenvalue weighted by molar-refractivity contribution is 0.739. The van der Waals surface area contributed by atoms with Gasteiger partial charge >= 0.3 is 0 Å². The van der Waals surface area contributed by atoms with Crippen LogP contribution in [0.5, 0.6) is 0 Å². The summed E-state index contributed by atoms with van der Waals surface area (Å²) in [6.45, 7) is 6.16. The molecule has 0 fully saturated rings. The third-order valence-electron chi connectivity index (χ3n) is 4.67. The van der Waals surface area contributed by atoms with E-state index >= 15 is 0 Å². The number of rotatable bonds is 4. The Kier molecular flexibility index (Phi) is 4.61. The van der Waals surface area contributed by atoms with Gasteiger partial charge in [0, 0.05) is 17.1 Å². The highest BCUT2D eigenvalue weighted by Crippen LogP contribution is 2.35. The number of aryl methyl sites for hydroxylation is 1. The van der Waals surface area contributed by atoms with Crippen LogP contribution < -0.4 is 16.4 Å². The van der Waals surface area contributed by atoms with Gasteiger partial charge < -0.3 is 16.4 Å². The highest BCUT2D eigenvalue weighted by molar-refractivity contribution is 7.20. The van der Waals surface area contributed by atoms with E-state index in [2.05, 4.69) is 52.7 Å². The van der Waals surface area contributed by atoms with Gasteiger partial charge in [0.2, 0.25) is 0 Å². The van der Waals surface area contributed by atoms with Crippen LogP contribution in [0, 0.1) is 6.92 Å². The maximum atomic E-state index is 6.00. The van der Waals surface area contributed by atoms with Crippen molar-refractivity contribution in [3.05, 3.63) is 52.7 Å². The molecule has 0 radical (unpaired) electrons. The second-order valence-electron chi connectivity index (χ2n) is 6.77. The average molecular weight is 366 g/mol. The van der Waals surface area contributed by atoms with Gasteiger partial charge in [-0.05, 0) is 61.7 Å². The minimum atomic E-state index is 0.110. The third-order valence-corrected chi connectivity index (χ3v) is 5.87. The first-order chi connectivity index (χ1) is 12.6. The van der Waals surface area contributed by atoms with Gasteiger partial charge in [0.15, 0.2) is 0 Å². The monoisotopic (exact) mass is 365 g/mol. The molecule has 3 heterocycles. The van der Waals surface area contributed by atoms with Gasteiger partial charge in [0.1, 0.15) is 12.1 Å². The molecule has 0 unspecified atom stereocenters. The van der Waals surface area contributed by atoms with E-state index < -0.39 is 0 Å². The maximum absolute atomic E-state index is 6.00. The van der Waals surface area contributed by atoms with Crippen molar-refractivity contribution in [1.82, 2.24) is 15.3 Å². The Morgan fingerprint density at radius 3 is 2.88 bits per heavy atom. The second kappa shape index (κ2) is 7.05. The number of hydrogen-bond donors (Lipinski definition) is 3. The van der Waals surface area contributed by atoms with Crippen LogP contribution in [0.15, 0.2) is 36.7 Å². The van der Waals surface area contributed by atoms with Crippen LogP contribution in [0.1, 0.15) is 35.4 Å². The normalized spacial score (nSPS) is 15.7. The summed E-state index contributed by atoms with van der Waals surface area (Å²) in [6, 6.07) is 8.45. The van der Waals surface area contributed by atoms with Crippen LogP contribution in [0.25, 0.3) is 15.8 Å². The smallest absolute Gasteiger partial charge is 0.147 e. The number of anilines is 2. The van der Waals surface area contributed by atoms with E-state index in [0.29, 0.717) is 0 Å². The van der Waals surface area contributed by atoms with E-state index in [-0.39, 0.29) is 6.04 Å². The highest BCUT2D eigenvalue weighted by Gasteiger charge is 2.15. The molecular weight excluding hydrogens is 342 g/mol. The molecule has 0 saturated carbocycles. The van der Waals surface area contributed by atoms with Crippen molar-refractivity contribution >= 4 is 38.6 Å². The second-order valence-corrected chi connectivity index (χ2v) is 7.83. The quantitative estimate of drug-likeness (QED) is 0.606. The van der Waals surface area contributed by atoms with Gasteiger partial charge in [-0.25, -0.2) is 9.97 Å². The van der Waals surface area contributed by atoms with Crippen LogP contribution >= 0.6 is 11.3 Å². The first kappa shape index (κ1) is 17.0. The van der Waals surface area contributed by atoms with E-state index in [0.717, 1.165) is 52.4 Å². The predicted molar refractivity (Wildman–Crippen MR) is 111 cm³/mol. The number of nitrogens with one attached hydrogen (secondary N) is 2. The molecule has 1 aliphatic rings. The number of nitrogen functional groups attached to an aromatic ring is 1. The molecule has 0 spiro atoms. The van der Waals surface area contributed by atoms with E-state index in [1.54, 1.807) is 17.7 Å². The first-order valence-corrected chi connectivity index (χ1v) is 9.70. The van der Waals surface area contributed by atoms with Gasteiger partial charge in [0.25, 0.3) is 0 Å². The summed E-state index contributed by atoms with van der Waals surface area (Å²) in [6.07, 6.45) is 4.96. The Hall–Kier alpha value is -2.44. The van der Waals surface area contributed by atoms with Crippen LogP contribution in [0.3, 0.4) is 0 Å². The molecule has 5 nitrogen and oxygen atoms in total. The predicted octanol–water partition coefficient (Wildman–Crippen LogP) is 4.13. The zero-order valence-corrected chi connectivity index (χ0v) is 15.9. The largest absolute Gasteiger partial charge is 0.399 e. The van der Waals surface area contributed by atoms with E-state index in [4.69, 9.17) is 5.73 Å². The molecule has 0 bridgehead atoms. The van der Waals surface area contributed by atoms with Crippen molar-refractivity contribution in [3.8, 4) is 0 Å². The van der Waals surface area contributed by atoms with Crippen molar-refractivity contribution in [3.63, 3.8) is 0 Å². The van der Waals surface area contributed by atoms with Crippen LogP contribution in [-0.2, 0) is 0 Å². The van der Waals surface area contributed by atoms with Crippen LogP contribution in [-0.4, -0.2) is 23.1 Å². The molecule has 0 amide bonds. The molecule has 4 N–H and O–H groups in total. The van der Waals surface area contributed by atoms with Crippen molar-refractivity contribution in [2.24, 2.45) is 0 Å². The van der Waals surface area contributed by atoms with Gasteiger partial charge in [-0.15, -0.1) is 11.3 Å². The fraction of sp³-hybridized carbons (Fsp3) is 0.300.